The molecule has 2 rings (SSSR count). The first-order valence-electron chi connectivity index (χ1n) is 6.62. The van der Waals surface area contributed by atoms with E-state index >= 15 is 0 Å². The van der Waals surface area contributed by atoms with Crippen LogP contribution in [0.1, 0.15) is 16.7 Å². The van der Waals surface area contributed by atoms with Crippen LogP contribution in [0.5, 0.6) is 5.75 Å². The van der Waals surface area contributed by atoms with Gasteiger partial charge in [-0.2, -0.15) is 18.3 Å². The van der Waals surface area contributed by atoms with Crippen LogP contribution in [0.25, 0.3) is 0 Å². The second-order valence-electron chi connectivity index (χ2n) is 4.73. The van der Waals surface area contributed by atoms with Crippen LogP contribution in [0.2, 0.25) is 0 Å². The van der Waals surface area contributed by atoms with Crippen LogP contribution >= 0.6 is 0 Å². The number of phenols is 1. The number of hydrazone groups is 1. The lowest BCUT2D eigenvalue weighted by molar-refractivity contribution is -0.137. The molecule has 2 aromatic rings. The van der Waals surface area contributed by atoms with Crippen molar-refractivity contribution in [1.82, 2.24) is 5.43 Å². The summed E-state index contributed by atoms with van der Waals surface area (Å²) in [6.45, 7) is 0. The molecule has 0 saturated heterocycles. The summed E-state index contributed by atoms with van der Waals surface area (Å²) in [4.78, 5) is 11.7. The van der Waals surface area contributed by atoms with E-state index in [1.54, 1.807) is 18.2 Å². The Hall–Kier alpha value is -2.83. The SMILES string of the molecule is O=C(Cc1cccc(C(F)(F)F)c1)NN=Cc1ccccc1O. The maximum Gasteiger partial charge on any atom is 0.416 e. The number of halogens is 3. The Labute approximate surface area is 130 Å². The van der Waals surface area contributed by atoms with E-state index in [4.69, 9.17) is 0 Å². The van der Waals surface area contributed by atoms with Crippen molar-refractivity contribution in [1.29, 1.82) is 0 Å². The number of hydrogen-bond acceptors (Lipinski definition) is 3. The maximum absolute atomic E-state index is 12.6. The summed E-state index contributed by atoms with van der Waals surface area (Å²) in [6.07, 6.45) is -3.43. The monoisotopic (exact) mass is 322 g/mol. The van der Waals surface area contributed by atoms with E-state index < -0.39 is 17.6 Å². The van der Waals surface area contributed by atoms with Gasteiger partial charge in [-0.05, 0) is 23.8 Å². The van der Waals surface area contributed by atoms with Crippen molar-refractivity contribution in [3.05, 3.63) is 65.2 Å². The molecule has 0 aromatic heterocycles. The number of rotatable bonds is 4. The largest absolute Gasteiger partial charge is 0.507 e. The summed E-state index contributed by atoms with van der Waals surface area (Å²) in [5.41, 5.74) is 2.04. The van der Waals surface area contributed by atoms with Crippen molar-refractivity contribution in [2.24, 2.45) is 5.10 Å². The highest BCUT2D eigenvalue weighted by molar-refractivity contribution is 5.85. The van der Waals surface area contributed by atoms with Crippen LogP contribution in [0.3, 0.4) is 0 Å². The van der Waals surface area contributed by atoms with Gasteiger partial charge in [0.25, 0.3) is 0 Å². The number of aromatic hydroxyl groups is 1. The Kier molecular flexibility index (Phi) is 5.00. The van der Waals surface area contributed by atoms with E-state index in [0.717, 1.165) is 12.1 Å². The Balaban J connectivity index is 1.97. The second kappa shape index (κ2) is 6.95. The molecule has 7 heteroatoms. The number of phenolic OH excluding ortho intramolecular Hbond substituents is 1. The Morgan fingerprint density at radius 2 is 1.91 bits per heavy atom. The van der Waals surface area contributed by atoms with Gasteiger partial charge in [-0.25, -0.2) is 5.43 Å². The second-order valence-corrected chi connectivity index (χ2v) is 4.73. The molecule has 0 fully saturated rings. The van der Waals surface area contributed by atoms with Crippen LogP contribution < -0.4 is 5.43 Å². The quantitative estimate of drug-likeness (QED) is 0.671. The Morgan fingerprint density at radius 3 is 2.61 bits per heavy atom. The molecule has 23 heavy (non-hydrogen) atoms. The zero-order chi connectivity index (χ0) is 16.9. The van der Waals surface area contributed by atoms with E-state index in [2.05, 4.69) is 10.5 Å². The van der Waals surface area contributed by atoms with E-state index in [1.165, 1.54) is 24.4 Å². The molecule has 0 aliphatic heterocycles. The highest BCUT2D eigenvalue weighted by atomic mass is 19.4. The van der Waals surface area contributed by atoms with Gasteiger partial charge in [0.15, 0.2) is 0 Å². The molecule has 0 atom stereocenters. The van der Waals surface area contributed by atoms with E-state index in [1.807, 2.05) is 0 Å². The molecule has 0 aliphatic carbocycles. The molecular formula is C16H13F3N2O2. The lowest BCUT2D eigenvalue weighted by Crippen LogP contribution is -2.20. The molecule has 120 valence electrons. The van der Waals surface area contributed by atoms with Gasteiger partial charge in [-0.1, -0.05) is 30.3 Å². The third-order valence-electron chi connectivity index (χ3n) is 2.95. The third kappa shape index (κ3) is 4.84. The van der Waals surface area contributed by atoms with Crippen LogP contribution in [-0.4, -0.2) is 17.2 Å². The number of nitrogens with one attached hydrogen (secondary N) is 1. The van der Waals surface area contributed by atoms with Gasteiger partial charge in [0.1, 0.15) is 5.75 Å². The summed E-state index contributed by atoms with van der Waals surface area (Å²) >= 11 is 0. The lowest BCUT2D eigenvalue weighted by Gasteiger charge is -2.08. The average Bonchev–Trinajstić information content (AvgIpc) is 2.48. The highest BCUT2D eigenvalue weighted by Gasteiger charge is 2.30. The van der Waals surface area contributed by atoms with Gasteiger partial charge in [-0.3, -0.25) is 4.79 Å². The summed E-state index contributed by atoms with van der Waals surface area (Å²) in [5.74, 6) is -0.556. The molecule has 0 unspecified atom stereocenters. The fourth-order valence-electron chi connectivity index (χ4n) is 1.85. The molecule has 2 N–H and O–H groups in total. The van der Waals surface area contributed by atoms with Gasteiger partial charge in [0.2, 0.25) is 5.91 Å². The van der Waals surface area contributed by atoms with Crippen LogP contribution in [-0.2, 0) is 17.4 Å². The van der Waals surface area contributed by atoms with E-state index in [0.29, 0.717) is 5.56 Å². The summed E-state index contributed by atoms with van der Waals surface area (Å²) in [5, 5.41) is 13.2. The fraction of sp³-hybridized carbons (Fsp3) is 0.125. The number of alkyl halides is 3. The first-order chi connectivity index (χ1) is 10.9. The van der Waals surface area contributed by atoms with Gasteiger partial charge in [0, 0.05) is 5.56 Å². The van der Waals surface area contributed by atoms with Crippen molar-refractivity contribution in [3.63, 3.8) is 0 Å². The Morgan fingerprint density at radius 1 is 1.17 bits per heavy atom. The summed E-state index contributed by atoms with van der Waals surface area (Å²) in [7, 11) is 0. The van der Waals surface area contributed by atoms with Gasteiger partial charge in [0.05, 0.1) is 18.2 Å². The minimum Gasteiger partial charge on any atom is -0.507 e. The minimum absolute atomic E-state index is 0.00313. The number of para-hydroxylation sites is 1. The van der Waals surface area contributed by atoms with Gasteiger partial charge >= 0.3 is 6.18 Å². The van der Waals surface area contributed by atoms with E-state index in [9.17, 15) is 23.1 Å². The normalized spacial score (nSPS) is 11.6. The van der Waals surface area contributed by atoms with Crippen molar-refractivity contribution in [2.45, 2.75) is 12.6 Å². The van der Waals surface area contributed by atoms with Crippen molar-refractivity contribution < 1.29 is 23.1 Å². The Bertz CT molecular complexity index is 727. The van der Waals surface area contributed by atoms with Gasteiger partial charge < -0.3 is 5.11 Å². The first kappa shape index (κ1) is 16.5. The van der Waals surface area contributed by atoms with Crippen molar-refractivity contribution in [3.8, 4) is 5.75 Å². The predicted octanol–water partition coefficient (Wildman–Crippen LogP) is 3.10. The molecule has 0 heterocycles. The maximum atomic E-state index is 12.6. The molecular weight excluding hydrogens is 309 g/mol. The molecule has 4 nitrogen and oxygen atoms in total. The molecule has 0 spiro atoms. The highest BCUT2D eigenvalue weighted by Crippen LogP contribution is 2.29. The smallest absolute Gasteiger partial charge is 0.416 e. The molecule has 0 aliphatic rings. The number of nitrogens with zero attached hydrogens (tertiary/aromatic N) is 1. The van der Waals surface area contributed by atoms with Crippen LogP contribution in [0.15, 0.2) is 53.6 Å². The lowest BCUT2D eigenvalue weighted by atomic mass is 10.1. The van der Waals surface area contributed by atoms with Crippen molar-refractivity contribution in [2.75, 3.05) is 0 Å². The van der Waals surface area contributed by atoms with Crippen LogP contribution in [0.4, 0.5) is 13.2 Å². The number of benzene rings is 2. The standard InChI is InChI=1S/C16H13F3N2O2/c17-16(18,19)13-6-3-4-11(8-13)9-15(23)21-20-10-12-5-1-2-7-14(12)22/h1-8,10,22H,9H2,(H,21,23). The van der Waals surface area contributed by atoms with Gasteiger partial charge in [-0.15, -0.1) is 0 Å². The number of amides is 1. The average molecular weight is 322 g/mol. The first-order valence-corrected chi connectivity index (χ1v) is 6.62. The fourth-order valence-corrected chi connectivity index (χ4v) is 1.85. The minimum atomic E-state index is -4.45. The zero-order valence-corrected chi connectivity index (χ0v) is 11.8. The molecule has 0 saturated carbocycles. The number of hydrogen-bond donors (Lipinski definition) is 2. The summed E-state index contributed by atoms with van der Waals surface area (Å²) in [6, 6.07) is 10.9. The zero-order valence-electron chi connectivity index (χ0n) is 11.8. The predicted molar refractivity (Wildman–Crippen MR) is 79.0 cm³/mol. The molecule has 1 amide bonds. The van der Waals surface area contributed by atoms with Crippen LogP contribution in [0, 0.1) is 0 Å². The number of carbonyl (C=O) groups is 1. The molecule has 2 aromatic carbocycles. The summed E-state index contributed by atoms with van der Waals surface area (Å²) < 4.78 is 37.8. The molecule has 0 radical (unpaired) electrons. The topological polar surface area (TPSA) is 61.7 Å². The van der Waals surface area contributed by atoms with Crippen molar-refractivity contribution >= 4 is 12.1 Å². The number of carbonyl (C=O) groups excluding carboxylic acids is 1. The molecule has 0 bridgehead atoms. The van der Waals surface area contributed by atoms with E-state index in [-0.39, 0.29) is 17.7 Å². The third-order valence-corrected chi connectivity index (χ3v) is 2.95.